The number of nitrogens with one attached hydrogen (secondary N) is 1. The van der Waals surface area contributed by atoms with Gasteiger partial charge in [0, 0.05) is 18.1 Å². The smallest absolute Gasteiger partial charge is 0.204 e. The fourth-order valence-electron chi connectivity index (χ4n) is 2.08. The minimum absolute atomic E-state index is 0.414. The molecule has 0 radical (unpaired) electrons. The molecule has 20 heavy (non-hydrogen) atoms. The van der Waals surface area contributed by atoms with Crippen molar-refractivity contribution >= 4 is 28.3 Å². The molecule has 6 heteroatoms. The van der Waals surface area contributed by atoms with E-state index in [0.717, 1.165) is 22.0 Å². The predicted molar refractivity (Wildman–Crippen MR) is 81.1 cm³/mol. The van der Waals surface area contributed by atoms with Crippen LogP contribution in [0, 0.1) is 0 Å². The third-order valence-electron chi connectivity index (χ3n) is 2.99. The number of imidazole rings is 1. The number of nitrogens with zero attached hydrogens (tertiary/aromatic N) is 3. The molecule has 0 spiro atoms. The van der Waals surface area contributed by atoms with Crippen LogP contribution in [0.3, 0.4) is 0 Å². The summed E-state index contributed by atoms with van der Waals surface area (Å²) >= 11 is 1.63. The molecular formula is C14H16N4OS. The lowest BCUT2D eigenvalue weighted by Gasteiger charge is -2.10. The first-order valence-electron chi connectivity index (χ1n) is 6.49. The zero-order valence-electron chi connectivity index (χ0n) is 11.2. The quantitative estimate of drug-likeness (QED) is 0.756. The molecule has 3 rings (SSSR count). The lowest BCUT2D eigenvalue weighted by molar-refractivity contribution is 0.208. The van der Waals surface area contributed by atoms with Crippen molar-refractivity contribution in [2.75, 3.05) is 11.9 Å². The SMILES string of the molecule is CC(O)CNc1nc2ccccc2n1Cc1nccs1. The van der Waals surface area contributed by atoms with E-state index in [-0.39, 0.29) is 0 Å². The molecule has 3 aromatic rings. The van der Waals surface area contributed by atoms with Crippen LogP contribution in [-0.4, -0.2) is 32.3 Å². The monoisotopic (exact) mass is 288 g/mol. The lowest BCUT2D eigenvalue weighted by atomic mass is 10.3. The standard InChI is InChI=1S/C14H16N4OS/c1-10(19)8-16-14-17-11-4-2-3-5-12(11)18(14)9-13-15-6-7-20-13/h2-7,10,19H,8-9H2,1H3,(H,16,17). The van der Waals surface area contributed by atoms with Crippen molar-refractivity contribution in [3.63, 3.8) is 0 Å². The number of aliphatic hydroxyl groups is 1. The van der Waals surface area contributed by atoms with Gasteiger partial charge in [-0.05, 0) is 19.1 Å². The van der Waals surface area contributed by atoms with E-state index in [4.69, 9.17) is 0 Å². The second-order valence-corrected chi connectivity index (χ2v) is 5.65. The van der Waals surface area contributed by atoms with Crippen LogP contribution < -0.4 is 5.32 Å². The van der Waals surface area contributed by atoms with Crippen molar-refractivity contribution in [2.24, 2.45) is 0 Å². The Bertz CT molecular complexity index is 690. The Kier molecular flexibility index (Phi) is 3.66. The van der Waals surface area contributed by atoms with Crippen LogP contribution >= 0.6 is 11.3 Å². The first kappa shape index (κ1) is 13.1. The van der Waals surface area contributed by atoms with E-state index in [0.29, 0.717) is 13.1 Å². The molecule has 0 bridgehead atoms. The van der Waals surface area contributed by atoms with E-state index in [9.17, 15) is 5.11 Å². The first-order chi connectivity index (χ1) is 9.74. The molecular weight excluding hydrogens is 272 g/mol. The van der Waals surface area contributed by atoms with Crippen molar-refractivity contribution in [3.05, 3.63) is 40.8 Å². The molecule has 1 atom stereocenters. The van der Waals surface area contributed by atoms with Crippen molar-refractivity contribution in [1.82, 2.24) is 14.5 Å². The van der Waals surface area contributed by atoms with Crippen LogP contribution in [0.15, 0.2) is 35.8 Å². The number of hydrogen-bond acceptors (Lipinski definition) is 5. The van der Waals surface area contributed by atoms with Gasteiger partial charge in [-0.2, -0.15) is 0 Å². The molecule has 0 saturated heterocycles. The Morgan fingerprint density at radius 1 is 1.40 bits per heavy atom. The predicted octanol–water partition coefficient (Wildman–Crippen LogP) is 2.33. The Hall–Kier alpha value is -1.92. The maximum absolute atomic E-state index is 9.43. The number of hydrogen-bond donors (Lipinski definition) is 2. The van der Waals surface area contributed by atoms with Gasteiger partial charge in [0.2, 0.25) is 5.95 Å². The molecule has 1 aromatic carbocycles. The third-order valence-corrected chi connectivity index (χ3v) is 3.75. The fourth-order valence-corrected chi connectivity index (χ4v) is 2.68. The largest absolute Gasteiger partial charge is 0.392 e. The number of benzene rings is 1. The van der Waals surface area contributed by atoms with E-state index in [1.165, 1.54) is 0 Å². The Morgan fingerprint density at radius 2 is 2.25 bits per heavy atom. The average molecular weight is 288 g/mol. The van der Waals surface area contributed by atoms with E-state index >= 15 is 0 Å². The summed E-state index contributed by atoms with van der Waals surface area (Å²) in [5.41, 5.74) is 2.01. The van der Waals surface area contributed by atoms with Gasteiger partial charge in [-0.25, -0.2) is 9.97 Å². The molecule has 0 amide bonds. The van der Waals surface area contributed by atoms with Crippen LogP contribution in [0.5, 0.6) is 0 Å². The lowest BCUT2D eigenvalue weighted by Crippen LogP contribution is -2.18. The highest BCUT2D eigenvalue weighted by molar-refractivity contribution is 7.09. The van der Waals surface area contributed by atoms with Gasteiger partial charge in [0.05, 0.1) is 23.7 Å². The molecule has 0 fully saturated rings. The van der Waals surface area contributed by atoms with E-state index < -0.39 is 6.10 Å². The summed E-state index contributed by atoms with van der Waals surface area (Å²) in [5, 5.41) is 15.6. The molecule has 0 aliphatic heterocycles. The second-order valence-electron chi connectivity index (χ2n) is 4.67. The van der Waals surface area contributed by atoms with Gasteiger partial charge in [0.15, 0.2) is 0 Å². The van der Waals surface area contributed by atoms with Gasteiger partial charge in [-0.3, -0.25) is 0 Å². The minimum Gasteiger partial charge on any atom is -0.392 e. The molecule has 0 aliphatic carbocycles. The summed E-state index contributed by atoms with van der Waals surface area (Å²) in [7, 11) is 0. The van der Waals surface area contributed by atoms with Crippen LogP contribution in [0.4, 0.5) is 5.95 Å². The van der Waals surface area contributed by atoms with Gasteiger partial charge in [-0.15, -0.1) is 11.3 Å². The summed E-state index contributed by atoms with van der Waals surface area (Å²) in [5.74, 6) is 0.766. The van der Waals surface area contributed by atoms with Gasteiger partial charge in [0.25, 0.3) is 0 Å². The van der Waals surface area contributed by atoms with Crippen LogP contribution in [0.2, 0.25) is 0 Å². The highest BCUT2D eigenvalue weighted by Crippen LogP contribution is 2.21. The normalized spacial score (nSPS) is 12.7. The zero-order valence-corrected chi connectivity index (χ0v) is 12.0. The van der Waals surface area contributed by atoms with Crippen molar-refractivity contribution < 1.29 is 5.11 Å². The van der Waals surface area contributed by atoms with Crippen molar-refractivity contribution in [2.45, 2.75) is 19.6 Å². The zero-order chi connectivity index (χ0) is 13.9. The molecule has 0 aliphatic rings. The van der Waals surface area contributed by atoms with Gasteiger partial charge in [0.1, 0.15) is 5.01 Å². The number of aromatic nitrogens is 3. The number of rotatable bonds is 5. The molecule has 1 unspecified atom stereocenters. The fraction of sp³-hybridized carbons (Fsp3) is 0.286. The highest BCUT2D eigenvalue weighted by Gasteiger charge is 2.12. The van der Waals surface area contributed by atoms with Gasteiger partial charge in [-0.1, -0.05) is 12.1 Å². The van der Waals surface area contributed by atoms with Crippen molar-refractivity contribution in [1.29, 1.82) is 0 Å². The summed E-state index contributed by atoms with van der Waals surface area (Å²) in [6.07, 6.45) is 1.39. The maximum atomic E-state index is 9.43. The first-order valence-corrected chi connectivity index (χ1v) is 7.37. The number of para-hydroxylation sites is 2. The molecule has 104 valence electrons. The highest BCUT2D eigenvalue weighted by atomic mass is 32.1. The molecule has 2 aromatic heterocycles. The number of anilines is 1. The Morgan fingerprint density at radius 3 is 3.00 bits per heavy atom. The maximum Gasteiger partial charge on any atom is 0.204 e. The Labute approximate surface area is 120 Å². The summed E-state index contributed by atoms with van der Waals surface area (Å²) < 4.78 is 2.09. The Balaban J connectivity index is 1.99. The van der Waals surface area contributed by atoms with Gasteiger partial charge < -0.3 is 15.0 Å². The van der Waals surface area contributed by atoms with E-state index in [2.05, 4.69) is 19.9 Å². The minimum atomic E-state index is -0.414. The van der Waals surface area contributed by atoms with Crippen LogP contribution in [-0.2, 0) is 6.54 Å². The molecule has 5 nitrogen and oxygen atoms in total. The molecule has 2 heterocycles. The van der Waals surface area contributed by atoms with E-state index in [1.54, 1.807) is 18.3 Å². The average Bonchev–Trinajstić information content (AvgIpc) is 3.05. The number of thiazole rings is 1. The third kappa shape index (κ3) is 2.66. The number of fused-ring (bicyclic) bond motifs is 1. The van der Waals surface area contributed by atoms with Crippen LogP contribution in [0.25, 0.3) is 11.0 Å². The topological polar surface area (TPSA) is 63.0 Å². The summed E-state index contributed by atoms with van der Waals surface area (Å²) in [4.78, 5) is 8.91. The summed E-state index contributed by atoms with van der Waals surface area (Å²) in [6, 6.07) is 8.01. The second kappa shape index (κ2) is 5.60. The number of aliphatic hydroxyl groups excluding tert-OH is 1. The molecule has 2 N–H and O–H groups in total. The summed E-state index contributed by atoms with van der Waals surface area (Å²) in [6.45, 7) is 2.91. The van der Waals surface area contributed by atoms with Gasteiger partial charge >= 0.3 is 0 Å². The van der Waals surface area contributed by atoms with Crippen LogP contribution in [0.1, 0.15) is 11.9 Å². The molecule has 0 saturated carbocycles. The van der Waals surface area contributed by atoms with E-state index in [1.807, 2.05) is 35.8 Å². The van der Waals surface area contributed by atoms with Crippen molar-refractivity contribution in [3.8, 4) is 0 Å².